The molecule has 1 aliphatic carbocycles. The Bertz CT molecular complexity index is 309. The second-order valence-electron chi connectivity index (χ2n) is 3.97. The second-order valence-corrected chi connectivity index (χ2v) is 3.97. The van der Waals surface area contributed by atoms with Gasteiger partial charge in [-0.15, -0.1) is 0 Å². The minimum absolute atomic E-state index is 0.212. The third kappa shape index (κ3) is 1.35. The molecule has 1 aromatic heterocycles. The Balaban J connectivity index is 2.38. The molecule has 0 radical (unpaired) electrons. The monoisotopic (exact) mass is 180 g/mol. The molecule has 0 unspecified atom stereocenters. The number of hydrogen-bond donors (Lipinski definition) is 1. The van der Waals surface area contributed by atoms with Crippen molar-refractivity contribution >= 4 is 0 Å². The first kappa shape index (κ1) is 8.69. The van der Waals surface area contributed by atoms with Gasteiger partial charge in [-0.2, -0.15) is 5.10 Å². The van der Waals surface area contributed by atoms with Gasteiger partial charge in [0.1, 0.15) is 11.6 Å². The molecule has 13 heavy (non-hydrogen) atoms. The van der Waals surface area contributed by atoms with E-state index in [2.05, 4.69) is 10.1 Å². The maximum Gasteiger partial charge on any atom is 0.147 e. The van der Waals surface area contributed by atoms with E-state index in [1.165, 1.54) is 12.8 Å². The second kappa shape index (κ2) is 2.80. The van der Waals surface area contributed by atoms with Gasteiger partial charge in [0, 0.05) is 7.05 Å². The van der Waals surface area contributed by atoms with Gasteiger partial charge in [-0.3, -0.25) is 4.68 Å². The van der Waals surface area contributed by atoms with Crippen LogP contribution in [0.5, 0.6) is 0 Å². The molecule has 1 aromatic rings. The van der Waals surface area contributed by atoms with Crippen LogP contribution in [0, 0.1) is 6.92 Å². The molecule has 1 heterocycles. The average Bonchev–Trinajstić information content (AvgIpc) is 2.59. The maximum absolute atomic E-state index is 6.27. The summed E-state index contributed by atoms with van der Waals surface area (Å²) in [5, 5.41) is 4.23. The number of nitrogens with zero attached hydrogens (tertiary/aromatic N) is 3. The summed E-state index contributed by atoms with van der Waals surface area (Å²) in [4.78, 5) is 4.39. The first-order valence-corrected chi connectivity index (χ1v) is 4.79. The van der Waals surface area contributed by atoms with Crippen LogP contribution in [-0.2, 0) is 12.6 Å². The van der Waals surface area contributed by atoms with Gasteiger partial charge in [-0.1, -0.05) is 12.8 Å². The summed E-state index contributed by atoms with van der Waals surface area (Å²) >= 11 is 0. The van der Waals surface area contributed by atoms with Crippen LogP contribution in [0.15, 0.2) is 0 Å². The smallest absolute Gasteiger partial charge is 0.147 e. The van der Waals surface area contributed by atoms with Crippen LogP contribution in [0.1, 0.15) is 37.3 Å². The Hall–Kier alpha value is -0.900. The van der Waals surface area contributed by atoms with E-state index in [0.29, 0.717) is 0 Å². The fourth-order valence-electron chi connectivity index (χ4n) is 2.18. The van der Waals surface area contributed by atoms with Gasteiger partial charge in [0.15, 0.2) is 0 Å². The van der Waals surface area contributed by atoms with Crippen LogP contribution in [0.3, 0.4) is 0 Å². The maximum atomic E-state index is 6.27. The molecule has 2 rings (SSSR count). The number of rotatable bonds is 1. The lowest BCUT2D eigenvalue weighted by molar-refractivity contribution is 0.410. The molecule has 1 fully saturated rings. The highest BCUT2D eigenvalue weighted by Gasteiger charge is 2.35. The molecule has 0 bridgehead atoms. The summed E-state index contributed by atoms with van der Waals surface area (Å²) in [6.07, 6.45) is 4.50. The van der Waals surface area contributed by atoms with Gasteiger partial charge in [0.2, 0.25) is 0 Å². The Morgan fingerprint density at radius 3 is 2.46 bits per heavy atom. The zero-order valence-corrected chi connectivity index (χ0v) is 8.25. The van der Waals surface area contributed by atoms with Crippen molar-refractivity contribution in [1.29, 1.82) is 0 Å². The van der Waals surface area contributed by atoms with Crippen molar-refractivity contribution in [2.45, 2.75) is 38.1 Å². The van der Waals surface area contributed by atoms with Gasteiger partial charge < -0.3 is 5.73 Å². The van der Waals surface area contributed by atoms with E-state index in [1.807, 2.05) is 18.7 Å². The summed E-state index contributed by atoms with van der Waals surface area (Å²) in [6, 6.07) is 0. The molecular weight excluding hydrogens is 164 g/mol. The van der Waals surface area contributed by atoms with Crippen LogP contribution >= 0.6 is 0 Å². The molecular formula is C9H16N4. The Labute approximate surface area is 78.1 Å². The van der Waals surface area contributed by atoms with Crippen molar-refractivity contribution in [2.75, 3.05) is 0 Å². The van der Waals surface area contributed by atoms with Crippen molar-refractivity contribution in [3.8, 4) is 0 Å². The van der Waals surface area contributed by atoms with Crippen LogP contribution in [0.25, 0.3) is 0 Å². The first-order valence-electron chi connectivity index (χ1n) is 4.79. The van der Waals surface area contributed by atoms with E-state index in [9.17, 15) is 0 Å². The molecule has 0 atom stereocenters. The van der Waals surface area contributed by atoms with E-state index < -0.39 is 0 Å². The van der Waals surface area contributed by atoms with E-state index in [-0.39, 0.29) is 5.54 Å². The molecule has 2 N–H and O–H groups in total. The molecule has 4 nitrogen and oxygen atoms in total. The minimum Gasteiger partial charge on any atom is -0.319 e. The Morgan fingerprint density at radius 1 is 1.38 bits per heavy atom. The quantitative estimate of drug-likeness (QED) is 0.697. The molecule has 1 aliphatic rings. The highest BCUT2D eigenvalue weighted by Crippen LogP contribution is 2.34. The third-order valence-electron chi connectivity index (χ3n) is 2.81. The largest absolute Gasteiger partial charge is 0.319 e. The zero-order valence-electron chi connectivity index (χ0n) is 8.25. The summed E-state index contributed by atoms with van der Waals surface area (Å²) in [7, 11) is 1.92. The molecule has 72 valence electrons. The van der Waals surface area contributed by atoms with Crippen LogP contribution in [0.2, 0.25) is 0 Å². The van der Waals surface area contributed by atoms with E-state index >= 15 is 0 Å². The molecule has 4 heteroatoms. The lowest BCUT2D eigenvalue weighted by Gasteiger charge is -2.21. The highest BCUT2D eigenvalue weighted by molar-refractivity contribution is 5.08. The molecule has 0 spiro atoms. The standard InChI is InChI=1S/C9H16N4/c1-7-11-8(13(2)12-7)9(10)5-3-4-6-9/h3-6,10H2,1-2H3. The third-order valence-corrected chi connectivity index (χ3v) is 2.81. The SMILES string of the molecule is Cc1nc(C2(N)CCCC2)n(C)n1. The van der Waals surface area contributed by atoms with Crippen molar-refractivity contribution in [3.05, 3.63) is 11.6 Å². The summed E-state index contributed by atoms with van der Waals surface area (Å²) in [5.74, 6) is 1.76. The highest BCUT2D eigenvalue weighted by atomic mass is 15.3. The summed E-state index contributed by atoms with van der Waals surface area (Å²) < 4.78 is 1.82. The molecule has 1 saturated carbocycles. The van der Waals surface area contributed by atoms with Gasteiger partial charge in [0.05, 0.1) is 5.54 Å². The van der Waals surface area contributed by atoms with Crippen molar-refractivity contribution in [1.82, 2.24) is 14.8 Å². The zero-order chi connectivity index (χ0) is 9.47. The van der Waals surface area contributed by atoms with Crippen LogP contribution < -0.4 is 5.73 Å². The normalized spacial score (nSPS) is 20.8. The minimum atomic E-state index is -0.212. The average molecular weight is 180 g/mol. The van der Waals surface area contributed by atoms with Crippen LogP contribution in [0.4, 0.5) is 0 Å². The number of aromatic nitrogens is 3. The lowest BCUT2D eigenvalue weighted by Crippen LogP contribution is -2.36. The first-order chi connectivity index (χ1) is 6.12. The molecule has 0 aromatic carbocycles. The lowest BCUT2D eigenvalue weighted by atomic mass is 9.98. The van der Waals surface area contributed by atoms with Gasteiger partial charge >= 0.3 is 0 Å². The van der Waals surface area contributed by atoms with Crippen LogP contribution in [-0.4, -0.2) is 14.8 Å². The van der Waals surface area contributed by atoms with Crippen molar-refractivity contribution in [2.24, 2.45) is 12.8 Å². The van der Waals surface area contributed by atoms with Gasteiger partial charge in [0.25, 0.3) is 0 Å². The molecule has 0 aliphatic heterocycles. The summed E-state index contributed by atoms with van der Waals surface area (Å²) in [5.41, 5.74) is 6.06. The fourth-order valence-corrected chi connectivity index (χ4v) is 2.18. The number of nitrogens with two attached hydrogens (primary N) is 1. The van der Waals surface area contributed by atoms with E-state index in [0.717, 1.165) is 24.5 Å². The Kier molecular flexibility index (Phi) is 1.87. The van der Waals surface area contributed by atoms with Crippen molar-refractivity contribution in [3.63, 3.8) is 0 Å². The van der Waals surface area contributed by atoms with Crippen molar-refractivity contribution < 1.29 is 0 Å². The topological polar surface area (TPSA) is 56.7 Å². The Morgan fingerprint density at radius 2 is 2.00 bits per heavy atom. The van der Waals surface area contributed by atoms with Gasteiger partial charge in [-0.25, -0.2) is 4.98 Å². The summed E-state index contributed by atoms with van der Waals surface area (Å²) in [6.45, 7) is 1.90. The molecule has 0 amide bonds. The van der Waals surface area contributed by atoms with E-state index in [4.69, 9.17) is 5.73 Å². The number of hydrogen-bond acceptors (Lipinski definition) is 3. The molecule has 0 saturated heterocycles. The predicted octanol–water partition coefficient (Wildman–Crippen LogP) is 0.852. The van der Waals surface area contributed by atoms with E-state index in [1.54, 1.807) is 0 Å². The predicted molar refractivity (Wildman–Crippen MR) is 50.1 cm³/mol. The van der Waals surface area contributed by atoms with Gasteiger partial charge in [-0.05, 0) is 19.8 Å². The fraction of sp³-hybridized carbons (Fsp3) is 0.778. The number of aryl methyl sites for hydroxylation is 2.